The second kappa shape index (κ2) is 8.96. The number of carbonyl (C=O) groups is 1. The Labute approximate surface area is 197 Å². The third kappa shape index (κ3) is 4.52. The number of amides is 2. The number of halogens is 2. The van der Waals surface area contributed by atoms with Crippen molar-refractivity contribution in [2.45, 2.75) is 32.9 Å². The molecule has 0 unspecified atom stereocenters. The van der Waals surface area contributed by atoms with E-state index in [1.54, 1.807) is 34.5 Å². The van der Waals surface area contributed by atoms with Crippen LogP contribution >= 0.6 is 23.2 Å². The monoisotopic (exact) mass is 473 g/mol. The lowest BCUT2D eigenvalue weighted by atomic mass is 10.0. The summed E-state index contributed by atoms with van der Waals surface area (Å²) >= 11 is 12.2. The fourth-order valence-corrected chi connectivity index (χ4v) is 4.27. The highest BCUT2D eigenvalue weighted by molar-refractivity contribution is 6.34. The minimum Gasteiger partial charge on any atom is -0.346 e. The van der Waals surface area contributed by atoms with Crippen molar-refractivity contribution in [3.05, 3.63) is 58.7 Å². The standard InChI is InChI=1S/C22H25Cl2N7O/c1-13(2)19-11-29(4)22(32)31(19)20-5-6-25-21(28-20)27-14(3)18-10-30(12-26-18)17-8-15(23)7-16(24)9-17/h5-10,12-14,19H,11H2,1-4H3,(H,25,27,28)/t14-,19+/m0/s1. The van der Waals surface area contributed by atoms with E-state index in [2.05, 4.69) is 34.1 Å². The number of benzene rings is 1. The third-order valence-electron chi connectivity index (χ3n) is 5.52. The molecule has 168 valence electrons. The number of urea groups is 1. The van der Waals surface area contributed by atoms with Crippen molar-refractivity contribution in [1.82, 2.24) is 24.4 Å². The molecule has 3 heterocycles. The van der Waals surface area contributed by atoms with Gasteiger partial charge in [0.1, 0.15) is 5.82 Å². The lowest BCUT2D eigenvalue weighted by Crippen LogP contribution is -2.38. The van der Waals surface area contributed by atoms with E-state index in [0.29, 0.717) is 34.3 Å². The molecule has 1 fully saturated rings. The number of hydrogen-bond acceptors (Lipinski definition) is 5. The molecule has 0 aliphatic carbocycles. The summed E-state index contributed by atoms with van der Waals surface area (Å²) in [4.78, 5) is 29.6. The van der Waals surface area contributed by atoms with Crippen molar-refractivity contribution in [2.75, 3.05) is 23.8 Å². The quantitative estimate of drug-likeness (QED) is 0.542. The molecule has 2 atom stereocenters. The topological polar surface area (TPSA) is 79.2 Å². The Balaban J connectivity index is 1.53. The largest absolute Gasteiger partial charge is 0.346 e. The molecule has 0 saturated carbocycles. The van der Waals surface area contributed by atoms with Crippen LogP contribution in [0, 0.1) is 5.92 Å². The molecule has 2 amide bonds. The molecule has 10 heteroatoms. The van der Waals surface area contributed by atoms with Crippen LogP contribution in [0.4, 0.5) is 16.6 Å². The zero-order chi connectivity index (χ0) is 23.0. The van der Waals surface area contributed by atoms with Crippen molar-refractivity contribution in [2.24, 2.45) is 5.92 Å². The molecule has 1 N–H and O–H groups in total. The van der Waals surface area contributed by atoms with Gasteiger partial charge in [-0.05, 0) is 37.1 Å². The molecule has 2 aromatic heterocycles. The number of anilines is 2. The van der Waals surface area contributed by atoms with Gasteiger partial charge >= 0.3 is 6.03 Å². The Kier molecular flexibility index (Phi) is 6.26. The van der Waals surface area contributed by atoms with Crippen LogP contribution in [0.1, 0.15) is 32.5 Å². The number of nitrogens with zero attached hydrogens (tertiary/aromatic N) is 6. The Morgan fingerprint density at radius 1 is 1.12 bits per heavy atom. The molecule has 0 radical (unpaired) electrons. The highest BCUT2D eigenvalue weighted by Gasteiger charge is 2.38. The smallest absolute Gasteiger partial charge is 0.325 e. The summed E-state index contributed by atoms with van der Waals surface area (Å²) in [6.45, 7) is 6.86. The molecular weight excluding hydrogens is 449 g/mol. The maximum atomic E-state index is 12.7. The van der Waals surface area contributed by atoms with Gasteiger partial charge in [-0.1, -0.05) is 37.0 Å². The normalized spacial score (nSPS) is 17.3. The Morgan fingerprint density at radius 3 is 2.53 bits per heavy atom. The van der Waals surface area contributed by atoms with Crippen LogP contribution in [0.3, 0.4) is 0 Å². The zero-order valence-corrected chi connectivity index (χ0v) is 19.8. The van der Waals surface area contributed by atoms with Crippen LogP contribution in [0.2, 0.25) is 10.0 Å². The summed E-state index contributed by atoms with van der Waals surface area (Å²) in [5, 5.41) is 4.39. The Hall–Kier alpha value is -2.84. The lowest BCUT2D eigenvalue weighted by molar-refractivity contribution is 0.229. The van der Waals surface area contributed by atoms with E-state index in [1.165, 1.54) is 0 Å². The van der Waals surface area contributed by atoms with E-state index in [0.717, 1.165) is 11.4 Å². The van der Waals surface area contributed by atoms with Gasteiger partial charge < -0.3 is 14.8 Å². The van der Waals surface area contributed by atoms with Gasteiger partial charge in [-0.25, -0.2) is 14.8 Å². The highest BCUT2D eigenvalue weighted by Crippen LogP contribution is 2.28. The first-order valence-corrected chi connectivity index (χ1v) is 11.1. The highest BCUT2D eigenvalue weighted by atomic mass is 35.5. The molecule has 8 nitrogen and oxygen atoms in total. The van der Waals surface area contributed by atoms with Gasteiger partial charge in [0.25, 0.3) is 0 Å². The molecule has 3 aromatic rings. The molecule has 0 bridgehead atoms. The summed E-state index contributed by atoms with van der Waals surface area (Å²) in [7, 11) is 1.81. The van der Waals surface area contributed by atoms with Crippen LogP contribution in [-0.4, -0.2) is 50.1 Å². The average Bonchev–Trinajstić information content (AvgIpc) is 3.33. The number of hydrogen-bond donors (Lipinski definition) is 1. The number of nitrogens with one attached hydrogen (secondary N) is 1. The van der Waals surface area contributed by atoms with E-state index in [4.69, 9.17) is 23.2 Å². The van der Waals surface area contributed by atoms with Gasteiger partial charge in [-0.2, -0.15) is 4.98 Å². The summed E-state index contributed by atoms with van der Waals surface area (Å²) < 4.78 is 1.86. The van der Waals surface area contributed by atoms with E-state index in [9.17, 15) is 4.79 Å². The Bertz CT molecular complexity index is 1110. The molecule has 4 rings (SSSR count). The number of rotatable bonds is 6. The van der Waals surface area contributed by atoms with E-state index >= 15 is 0 Å². The van der Waals surface area contributed by atoms with Gasteiger partial charge in [0, 0.05) is 41.7 Å². The summed E-state index contributed by atoms with van der Waals surface area (Å²) in [6.07, 6.45) is 5.27. The van der Waals surface area contributed by atoms with Crippen LogP contribution < -0.4 is 10.2 Å². The minimum atomic E-state index is -0.168. The second-order valence-corrected chi connectivity index (χ2v) is 9.16. The Morgan fingerprint density at radius 2 is 1.84 bits per heavy atom. The molecule has 1 aliphatic heterocycles. The molecule has 1 aliphatic rings. The first-order valence-electron chi connectivity index (χ1n) is 10.4. The van der Waals surface area contributed by atoms with E-state index in [1.807, 2.05) is 36.9 Å². The van der Waals surface area contributed by atoms with Crippen LogP contribution in [0.15, 0.2) is 43.0 Å². The number of carbonyl (C=O) groups excluding carboxylic acids is 1. The first-order chi connectivity index (χ1) is 15.2. The summed E-state index contributed by atoms with van der Waals surface area (Å²) in [5.74, 6) is 1.32. The minimum absolute atomic E-state index is 0.0553. The number of imidazole rings is 1. The number of likely N-dealkylation sites (N-methyl/N-ethyl adjacent to an activating group) is 1. The predicted octanol–water partition coefficient (Wildman–Crippen LogP) is 5.04. The SMILES string of the molecule is CC(C)[C@H]1CN(C)C(=O)N1c1ccnc(N[C@@H](C)c2cn(-c3cc(Cl)cc(Cl)c3)cn2)n1. The third-order valence-corrected chi connectivity index (χ3v) is 5.96. The van der Waals surface area contributed by atoms with Crippen LogP contribution in [0.5, 0.6) is 0 Å². The van der Waals surface area contributed by atoms with Gasteiger partial charge in [0.05, 0.1) is 24.1 Å². The fourth-order valence-electron chi connectivity index (χ4n) is 3.75. The van der Waals surface area contributed by atoms with Crippen molar-refractivity contribution in [3.63, 3.8) is 0 Å². The van der Waals surface area contributed by atoms with Gasteiger partial charge in [-0.15, -0.1) is 0 Å². The van der Waals surface area contributed by atoms with Crippen molar-refractivity contribution in [3.8, 4) is 5.69 Å². The molecule has 32 heavy (non-hydrogen) atoms. The van der Waals surface area contributed by atoms with Gasteiger partial charge in [0.2, 0.25) is 5.95 Å². The van der Waals surface area contributed by atoms with Crippen molar-refractivity contribution >= 4 is 41.0 Å². The van der Waals surface area contributed by atoms with Crippen molar-refractivity contribution < 1.29 is 4.79 Å². The summed E-state index contributed by atoms with van der Waals surface area (Å²) in [6, 6.07) is 6.93. The number of aromatic nitrogens is 4. The van der Waals surface area contributed by atoms with Crippen LogP contribution in [0.25, 0.3) is 5.69 Å². The van der Waals surface area contributed by atoms with Gasteiger partial charge in [-0.3, -0.25) is 4.90 Å². The zero-order valence-electron chi connectivity index (χ0n) is 18.3. The lowest BCUT2D eigenvalue weighted by Gasteiger charge is -2.25. The van der Waals surface area contributed by atoms with E-state index < -0.39 is 0 Å². The predicted molar refractivity (Wildman–Crippen MR) is 127 cm³/mol. The van der Waals surface area contributed by atoms with Crippen LogP contribution in [-0.2, 0) is 0 Å². The van der Waals surface area contributed by atoms with Gasteiger partial charge in [0.15, 0.2) is 0 Å². The summed E-state index contributed by atoms with van der Waals surface area (Å²) in [5.41, 5.74) is 1.62. The average molecular weight is 474 g/mol. The second-order valence-electron chi connectivity index (χ2n) is 8.28. The van der Waals surface area contributed by atoms with E-state index in [-0.39, 0.29) is 18.1 Å². The molecule has 1 saturated heterocycles. The fraction of sp³-hybridized carbons (Fsp3) is 0.364. The first kappa shape index (κ1) is 22.4. The molecule has 0 spiro atoms. The maximum absolute atomic E-state index is 12.7. The molecule has 1 aromatic carbocycles. The maximum Gasteiger partial charge on any atom is 0.325 e. The van der Waals surface area contributed by atoms with Crippen molar-refractivity contribution in [1.29, 1.82) is 0 Å². The molecular formula is C22H25Cl2N7O.